The van der Waals surface area contributed by atoms with Crippen LogP contribution in [0.5, 0.6) is 0 Å². The van der Waals surface area contributed by atoms with Crippen molar-refractivity contribution >= 4 is 33.4 Å². The fraction of sp³-hybridized carbons (Fsp3) is 0.800. The molecule has 9 atom stereocenters. The van der Waals surface area contributed by atoms with E-state index in [2.05, 4.69) is 11.7 Å². The van der Waals surface area contributed by atoms with Gasteiger partial charge in [0.15, 0.2) is 0 Å². The zero-order valence-corrected chi connectivity index (χ0v) is 25.9. The molecule has 0 radical (unpaired) electrons. The smallest absolute Gasteiger partial charge is 0.432 e. The highest BCUT2D eigenvalue weighted by Crippen LogP contribution is 2.68. The van der Waals surface area contributed by atoms with E-state index in [-0.39, 0.29) is 71.1 Å². The van der Waals surface area contributed by atoms with E-state index in [1.807, 2.05) is 13.8 Å². The Labute approximate surface area is 257 Å². The molecule has 0 aliphatic heterocycles. The van der Waals surface area contributed by atoms with Crippen LogP contribution in [0.1, 0.15) is 78.6 Å². The minimum atomic E-state index is -6.57. The summed E-state index contributed by atoms with van der Waals surface area (Å²) in [6.45, 7) is 5.42. The monoisotopic (exact) mass is 668 g/mol. The number of carbonyl (C=O) groups excluding carboxylic acids is 4. The lowest BCUT2D eigenvalue weighted by Crippen LogP contribution is -2.60. The quantitative estimate of drug-likeness (QED) is 0.219. The number of esters is 1. The third-order valence-corrected chi connectivity index (χ3v) is 12.6. The average molecular weight is 669 g/mol. The van der Waals surface area contributed by atoms with Gasteiger partial charge in [0.1, 0.15) is 17.3 Å². The van der Waals surface area contributed by atoms with Gasteiger partial charge in [-0.1, -0.05) is 20.8 Å². The van der Waals surface area contributed by atoms with Crippen molar-refractivity contribution in [3.8, 4) is 0 Å². The van der Waals surface area contributed by atoms with Crippen molar-refractivity contribution in [2.45, 2.75) is 96.1 Å². The highest BCUT2D eigenvalue weighted by Gasteiger charge is 2.68. The molecular weight excluding hydrogens is 631 g/mol. The minimum Gasteiger partial charge on any atom is -0.497 e. The largest absolute Gasteiger partial charge is 0.497 e. The molecule has 0 heterocycles. The van der Waals surface area contributed by atoms with Crippen LogP contribution in [0.2, 0.25) is 0 Å². The number of Topliss-reactive ketones (excluding diaryl/α,β-unsaturated/α-hetero) is 3. The molecule has 5 rings (SSSR count). The molecule has 5 aliphatic rings. The van der Waals surface area contributed by atoms with Gasteiger partial charge >= 0.3 is 27.5 Å². The molecule has 1 N–H and O–H groups in total. The predicted molar refractivity (Wildman–Crippen MR) is 145 cm³/mol. The van der Waals surface area contributed by atoms with Crippen LogP contribution >= 0.6 is 0 Å². The average Bonchev–Trinajstić information content (AvgIpc) is 3.24. The van der Waals surface area contributed by atoms with Crippen LogP contribution in [-0.4, -0.2) is 60.4 Å². The van der Waals surface area contributed by atoms with Gasteiger partial charge < -0.3 is 9.47 Å². The molecule has 0 amide bonds. The molecule has 45 heavy (non-hydrogen) atoms. The Morgan fingerprint density at radius 2 is 1.69 bits per heavy atom. The van der Waals surface area contributed by atoms with E-state index in [9.17, 15) is 49.5 Å². The Kier molecular flexibility index (Phi) is 8.36. The summed E-state index contributed by atoms with van der Waals surface area (Å²) >= 11 is 0. The number of allylic oxidation sites excluding steroid dienone is 2. The number of ketones is 3. The maximum atomic E-state index is 14.1. The summed E-state index contributed by atoms with van der Waals surface area (Å²) in [6.07, 6.45) is -8.13. The van der Waals surface area contributed by atoms with Crippen LogP contribution in [0.25, 0.3) is 0 Å². The fourth-order valence-electron chi connectivity index (χ4n) is 9.34. The maximum absolute atomic E-state index is 14.1. The summed E-state index contributed by atoms with van der Waals surface area (Å²) in [5.41, 5.74) is -0.389. The molecule has 4 fully saturated rings. The van der Waals surface area contributed by atoms with Gasteiger partial charge in [0.25, 0.3) is 6.10 Å². The van der Waals surface area contributed by atoms with Gasteiger partial charge in [-0.25, -0.2) is 0 Å². The second-order valence-electron chi connectivity index (χ2n) is 14.0. The molecule has 15 heteroatoms. The normalized spacial score (nSPS) is 37.8. The van der Waals surface area contributed by atoms with Gasteiger partial charge in [0.2, 0.25) is 0 Å². The minimum absolute atomic E-state index is 0.0392. The van der Waals surface area contributed by atoms with E-state index in [1.54, 1.807) is 0 Å². The van der Waals surface area contributed by atoms with Gasteiger partial charge in [-0.3, -0.25) is 23.7 Å². The molecule has 9 nitrogen and oxygen atoms in total. The highest BCUT2D eigenvalue weighted by atomic mass is 32.2. The summed E-state index contributed by atoms with van der Waals surface area (Å²) in [6, 6.07) is 0. The number of carbonyl (C=O) groups is 4. The number of halogens is 5. The van der Waals surface area contributed by atoms with Crippen LogP contribution in [0.15, 0.2) is 11.3 Å². The summed E-state index contributed by atoms with van der Waals surface area (Å²) in [4.78, 5) is 52.1. The van der Waals surface area contributed by atoms with Crippen molar-refractivity contribution in [3.05, 3.63) is 11.3 Å². The number of ether oxygens (including phenoxy) is 2. The molecule has 0 aromatic heterocycles. The van der Waals surface area contributed by atoms with E-state index >= 15 is 0 Å². The lowest BCUT2D eigenvalue weighted by molar-refractivity contribution is -0.259. The van der Waals surface area contributed by atoms with E-state index in [0.717, 1.165) is 5.57 Å². The summed E-state index contributed by atoms with van der Waals surface area (Å²) in [7, 11) is -6.57. The summed E-state index contributed by atoms with van der Waals surface area (Å²) in [5, 5.41) is -5.83. The van der Waals surface area contributed by atoms with Crippen molar-refractivity contribution in [3.63, 3.8) is 0 Å². The standard InChI is InChI=1S/C30H37F5O9S/c1-14-4-5-21(43-9-7-23(39)44-26(29(31,32)33)30(34,35)45(40,41)42)17-12-19-24-18(13-22(38)28(19,3)25(14)17)27(2)8-6-16(36)10-15(27)11-20(24)37/h14-15,18-19,24-26H,4-13H2,1-3H3,(H,40,41,42)/t14-,15+,18+,19+,24-,25+,26?,27+,28-/m1/s1. The van der Waals surface area contributed by atoms with Crippen LogP contribution < -0.4 is 0 Å². The maximum Gasteiger partial charge on any atom is 0.432 e. The fourth-order valence-corrected chi connectivity index (χ4v) is 9.80. The number of alkyl halides is 5. The Bertz CT molecular complexity index is 1440. The van der Waals surface area contributed by atoms with Gasteiger partial charge in [-0.15, -0.1) is 0 Å². The third kappa shape index (κ3) is 5.42. The molecule has 0 aromatic carbocycles. The number of hydrogen-bond acceptors (Lipinski definition) is 8. The van der Waals surface area contributed by atoms with Crippen molar-refractivity contribution < 1.29 is 63.6 Å². The van der Waals surface area contributed by atoms with Crippen molar-refractivity contribution in [2.24, 2.45) is 46.3 Å². The zero-order valence-electron chi connectivity index (χ0n) is 25.1. The van der Waals surface area contributed by atoms with Crippen molar-refractivity contribution in [2.75, 3.05) is 6.61 Å². The molecule has 0 aromatic rings. The summed E-state index contributed by atoms with van der Waals surface area (Å²) < 4.78 is 107. The number of hydrogen-bond donors (Lipinski definition) is 1. The van der Waals surface area contributed by atoms with E-state index < -0.39 is 52.1 Å². The first-order chi connectivity index (χ1) is 20.6. The predicted octanol–water partition coefficient (Wildman–Crippen LogP) is 5.23. The first-order valence-electron chi connectivity index (χ1n) is 15.2. The third-order valence-electron chi connectivity index (χ3n) is 11.7. The lowest BCUT2D eigenvalue weighted by Gasteiger charge is -2.58. The van der Waals surface area contributed by atoms with Crippen LogP contribution in [0.4, 0.5) is 22.0 Å². The molecule has 0 bridgehead atoms. The Morgan fingerprint density at radius 1 is 1.02 bits per heavy atom. The number of rotatable bonds is 7. The Hall–Kier alpha value is -2.42. The summed E-state index contributed by atoms with van der Waals surface area (Å²) in [5.74, 6) is -2.38. The van der Waals surface area contributed by atoms with Crippen molar-refractivity contribution in [1.29, 1.82) is 0 Å². The first kappa shape index (κ1) is 33.9. The van der Waals surface area contributed by atoms with Gasteiger partial charge in [-0.05, 0) is 59.8 Å². The van der Waals surface area contributed by atoms with E-state index in [4.69, 9.17) is 9.29 Å². The van der Waals surface area contributed by atoms with Gasteiger partial charge in [-0.2, -0.15) is 30.4 Å². The van der Waals surface area contributed by atoms with Gasteiger partial charge in [0, 0.05) is 43.4 Å². The lowest BCUT2D eigenvalue weighted by atomic mass is 9.44. The van der Waals surface area contributed by atoms with Gasteiger partial charge in [0.05, 0.1) is 18.8 Å². The van der Waals surface area contributed by atoms with E-state index in [0.29, 0.717) is 44.3 Å². The van der Waals surface area contributed by atoms with Crippen molar-refractivity contribution in [1.82, 2.24) is 0 Å². The molecular formula is C30H37F5O9S. The molecule has 4 saturated carbocycles. The van der Waals surface area contributed by atoms with Crippen LogP contribution in [0.3, 0.4) is 0 Å². The second kappa shape index (κ2) is 11.1. The molecule has 0 spiro atoms. The Morgan fingerprint density at radius 3 is 2.31 bits per heavy atom. The van der Waals surface area contributed by atoms with Crippen LogP contribution in [0, 0.1) is 46.3 Å². The first-order valence-corrected chi connectivity index (χ1v) is 16.6. The molecule has 0 saturated heterocycles. The second-order valence-corrected chi connectivity index (χ2v) is 15.5. The SMILES string of the molecule is C[C@@H]1CCC(OCCC(=O)OC(C(F)(F)F)C(F)(F)S(=O)(=O)O)=C2C[C@H]3[C@@H]4C(=O)C[C@@H]5CC(=O)CC[C@]5(C)[C@H]4CC(=O)[C@]3(C)[C@H]21. The molecule has 1 unspecified atom stereocenters. The molecule has 5 aliphatic carbocycles. The highest BCUT2D eigenvalue weighted by molar-refractivity contribution is 7.86. The topological polar surface area (TPSA) is 141 Å². The molecule has 252 valence electrons. The van der Waals surface area contributed by atoms with Crippen LogP contribution in [-0.2, 0) is 38.8 Å². The van der Waals surface area contributed by atoms with E-state index in [1.165, 1.54) is 0 Å². The Balaban J connectivity index is 1.36. The zero-order chi connectivity index (χ0) is 33.5. The number of fused-ring (bicyclic) bond motifs is 7.